The summed E-state index contributed by atoms with van der Waals surface area (Å²) >= 11 is 0. The van der Waals surface area contributed by atoms with E-state index in [2.05, 4.69) is 0 Å². The summed E-state index contributed by atoms with van der Waals surface area (Å²) in [4.78, 5) is 74.5. The van der Waals surface area contributed by atoms with E-state index in [1.165, 1.54) is 29.9 Å². The number of ketones is 2. The molecule has 57 heavy (non-hydrogen) atoms. The normalized spacial score (nSPS) is 39.6. The highest BCUT2D eigenvalue weighted by Gasteiger charge is 2.61. The molecule has 0 saturated carbocycles. The van der Waals surface area contributed by atoms with Crippen LogP contribution in [0.25, 0.3) is 0 Å². The van der Waals surface area contributed by atoms with Crippen molar-refractivity contribution >= 4 is 41.1 Å². The number of morpholine rings is 1. The summed E-state index contributed by atoms with van der Waals surface area (Å²) in [5, 5.41) is 0. The number of cyclic esters (lactones) is 1. The smallest absolute Gasteiger partial charge is 0.415 e. The molecule has 5 aliphatic rings. The van der Waals surface area contributed by atoms with Gasteiger partial charge in [-0.1, -0.05) is 27.7 Å². The van der Waals surface area contributed by atoms with Gasteiger partial charge >= 0.3 is 18.2 Å². The van der Waals surface area contributed by atoms with Gasteiger partial charge in [0.1, 0.15) is 23.6 Å². The van der Waals surface area contributed by atoms with E-state index >= 15 is 4.39 Å². The predicted molar refractivity (Wildman–Crippen MR) is 203 cm³/mol. The molecule has 5 fully saturated rings. The highest BCUT2D eigenvalue weighted by atomic mass is 19.1. The number of Topliss-reactive ketones (excluding diaryl/α,β-unsaturated/α-hetero) is 2. The second-order valence-electron chi connectivity index (χ2n) is 16.8. The number of carbonyl (C=O) groups excluding carboxylic acids is 5. The molecular formula is C41H58FN3O12. The Bertz CT molecular complexity index is 1720. The molecule has 2 amide bonds. The number of likely N-dealkylation sites (N-methyl/N-ethyl adjacent to an activating group) is 1. The highest BCUT2D eigenvalue weighted by molar-refractivity contribution is 6.00. The maximum Gasteiger partial charge on any atom is 0.415 e. The van der Waals surface area contributed by atoms with Gasteiger partial charge in [0.15, 0.2) is 23.8 Å². The van der Waals surface area contributed by atoms with Crippen LogP contribution in [0.3, 0.4) is 0 Å². The van der Waals surface area contributed by atoms with Crippen molar-refractivity contribution in [1.29, 1.82) is 0 Å². The minimum absolute atomic E-state index is 0.0438. The number of halogens is 1. The predicted octanol–water partition coefficient (Wildman–Crippen LogP) is 4.90. The SMILES string of the molecule is CC[C@H]1OC(=O)[C@H](C)C(=O)[C@H](C)[C@@H](OC2O[C@H](C)C[C@H]3C2OC(=O)N3C)[C@](C)(OC)C[C@@H](C)C(=O)[C@H](C)[C@H]2N(c3ccc(N4CCOCC4)c(F)c3)C(=O)O[C@]12C. The maximum atomic E-state index is 15.9. The molecule has 5 heterocycles. The van der Waals surface area contributed by atoms with E-state index in [9.17, 15) is 24.0 Å². The van der Waals surface area contributed by atoms with Crippen molar-refractivity contribution in [3.63, 3.8) is 0 Å². The Morgan fingerprint density at radius 2 is 1.61 bits per heavy atom. The van der Waals surface area contributed by atoms with Gasteiger partial charge in [-0.25, -0.2) is 14.0 Å². The van der Waals surface area contributed by atoms with Gasteiger partial charge in [0.25, 0.3) is 0 Å². The van der Waals surface area contributed by atoms with Crippen molar-refractivity contribution in [3.05, 3.63) is 24.0 Å². The zero-order valence-corrected chi connectivity index (χ0v) is 34.7. The van der Waals surface area contributed by atoms with Gasteiger partial charge in [-0.2, -0.15) is 0 Å². The Labute approximate surface area is 333 Å². The zero-order valence-electron chi connectivity index (χ0n) is 34.7. The van der Waals surface area contributed by atoms with Gasteiger partial charge in [0, 0.05) is 45.0 Å². The van der Waals surface area contributed by atoms with Crippen LogP contribution in [0.15, 0.2) is 18.2 Å². The summed E-state index contributed by atoms with van der Waals surface area (Å²) in [7, 11) is 3.10. The molecule has 13 atom stereocenters. The Hall–Kier alpha value is -3.86. The lowest BCUT2D eigenvalue weighted by atomic mass is 9.73. The lowest BCUT2D eigenvalue weighted by Crippen LogP contribution is -2.59. The summed E-state index contributed by atoms with van der Waals surface area (Å²) in [6.45, 7) is 15.3. The number of amides is 2. The quantitative estimate of drug-likeness (QED) is 0.217. The molecule has 15 nitrogen and oxygen atoms in total. The fraction of sp³-hybridized carbons (Fsp3) is 0.732. The van der Waals surface area contributed by atoms with Crippen molar-refractivity contribution in [2.45, 2.75) is 129 Å². The number of esters is 1. The fourth-order valence-corrected chi connectivity index (χ4v) is 9.66. The van der Waals surface area contributed by atoms with Crippen molar-refractivity contribution in [2.75, 3.05) is 50.3 Å². The largest absolute Gasteiger partial charge is 0.458 e. The van der Waals surface area contributed by atoms with E-state index in [1.54, 1.807) is 60.7 Å². The molecule has 1 aromatic carbocycles. The number of anilines is 2. The van der Waals surface area contributed by atoms with Crippen LogP contribution < -0.4 is 9.80 Å². The lowest BCUT2D eigenvalue weighted by molar-refractivity contribution is -0.284. The molecule has 0 radical (unpaired) electrons. The fourth-order valence-electron chi connectivity index (χ4n) is 9.66. The van der Waals surface area contributed by atoms with Gasteiger partial charge in [-0.05, 0) is 65.2 Å². The maximum absolute atomic E-state index is 15.9. The number of fused-ring (bicyclic) bond motifs is 2. The standard InChI is InChI=1S/C41H58FN3O12/c1-11-30-41(8)34(45(39(50)57-41)26-12-13-28(27(42)19-26)44-14-16-52-17-15-44)23(4)31(46)21(2)20-40(7,51-10)35(24(5)32(47)25(6)36(48)54-30)56-37-33-29(18-22(3)53-37)43(9)38(49)55-33/h12-13,19,21-25,29-30,33-35,37H,11,14-18,20H2,1-10H3/t21-,22-,23+,24+,25-,29+,30-,33?,34-,35-,37?,40-,41-/m1/s1. The van der Waals surface area contributed by atoms with E-state index in [1.807, 2.05) is 11.8 Å². The molecule has 6 rings (SSSR count). The summed E-state index contributed by atoms with van der Waals surface area (Å²) in [6, 6.07) is 3.05. The molecule has 2 unspecified atom stereocenters. The second kappa shape index (κ2) is 16.4. The average molecular weight is 804 g/mol. The van der Waals surface area contributed by atoms with Crippen LogP contribution in [0.1, 0.15) is 74.7 Å². The van der Waals surface area contributed by atoms with Crippen LogP contribution in [0.2, 0.25) is 0 Å². The van der Waals surface area contributed by atoms with E-state index in [0.717, 1.165) is 0 Å². The average Bonchev–Trinajstić information content (AvgIpc) is 3.63. The monoisotopic (exact) mass is 803 g/mol. The van der Waals surface area contributed by atoms with Crippen molar-refractivity contribution in [3.8, 4) is 0 Å². The van der Waals surface area contributed by atoms with Gasteiger partial charge in [-0.3, -0.25) is 19.3 Å². The molecule has 16 heteroatoms. The number of hydrogen-bond donors (Lipinski definition) is 0. The Morgan fingerprint density at radius 3 is 2.25 bits per heavy atom. The van der Waals surface area contributed by atoms with Crippen molar-refractivity contribution in [1.82, 2.24) is 4.90 Å². The van der Waals surface area contributed by atoms with Gasteiger partial charge < -0.3 is 43.0 Å². The minimum atomic E-state index is -1.60. The Kier molecular flexibility index (Phi) is 12.3. The van der Waals surface area contributed by atoms with Crippen LogP contribution in [0.4, 0.5) is 25.4 Å². The van der Waals surface area contributed by atoms with Gasteiger partial charge in [0.05, 0.1) is 54.5 Å². The van der Waals surface area contributed by atoms with E-state index in [0.29, 0.717) is 38.4 Å². The number of carbonyl (C=O) groups is 5. The molecule has 0 bridgehead atoms. The van der Waals surface area contributed by atoms with E-state index in [4.69, 9.17) is 33.2 Å². The van der Waals surface area contributed by atoms with Gasteiger partial charge in [0.2, 0.25) is 0 Å². The third-order valence-electron chi connectivity index (χ3n) is 13.0. The first-order valence-electron chi connectivity index (χ1n) is 20.1. The molecule has 0 aliphatic carbocycles. The highest BCUT2D eigenvalue weighted by Crippen LogP contribution is 2.45. The topological polar surface area (TPSA) is 160 Å². The summed E-state index contributed by atoms with van der Waals surface area (Å²) in [6.07, 6.45) is -5.08. The molecule has 0 spiro atoms. The number of rotatable bonds is 6. The Balaban J connectivity index is 1.39. The molecule has 0 aromatic heterocycles. The van der Waals surface area contributed by atoms with E-state index in [-0.39, 0.29) is 36.5 Å². The number of ether oxygens (including phenoxy) is 7. The number of hydrogen-bond acceptors (Lipinski definition) is 13. The first-order chi connectivity index (χ1) is 26.9. The molecule has 1 aromatic rings. The van der Waals surface area contributed by atoms with E-state index < -0.39 is 95.3 Å². The molecule has 5 saturated heterocycles. The van der Waals surface area contributed by atoms with Crippen molar-refractivity contribution in [2.24, 2.45) is 23.7 Å². The second-order valence-corrected chi connectivity index (χ2v) is 16.8. The van der Waals surface area contributed by atoms with Crippen LogP contribution >= 0.6 is 0 Å². The van der Waals surface area contributed by atoms with Crippen LogP contribution in [0, 0.1) is 29.5 Å². The minimum Gasteiger partial charge on any atom is -0.458 e. The van der Waals surface area contributed by atoms with Gasteiger partial charge in [-0.15, -0.1) is 0 Å². The molecular weight excluding hydrogens is 745 g/mol. The molecule has 316 valence electrons. The lowest BCUT2D eigenvalue weighted by Gasteiger charge is -2.46. The Morgan fingerprint density at radius 1 is 0.930 bits per heavy atom. The molecule has 0 N–H and O–H groups in total. The molecule has 5 aliphatic heterocycles. The number of methoxy groups -OCH3 is 1. The summed E-state index contributed by atoms with van der Waals surface area (Å²) in [5.41, 5.74) is -2.42. The van der Waals surface area contributed by atoms with Crippen LogP contribution in [-0.2, 0) is 47.5 Å². The van der Waals surface area contributed by atoms with Crippen LogP contribution in [-0.4, -0.2) is 129 Å². The van der Waals surface area contributed by atoms with Crippen molar-refractivity contribution < 1.29 is 61.5 Å². The summed E-state index contributed by atoms with van der Waals surface area (Å²) in [5.74, 6) is -6.21. The number of benzene rings is 1. The first kappa shape index (κ1) is 42.7. The first-order valence-corrected chi connectivity index (χ1v) is 20.1. The van der Waals surface area contributed by atoms with Crippen LogP contribution in [0.5, 0.6) is 0 Å². The number of nitrogens with zero attached hydrogens (tertiary/aromatic N) is 3. The third-order valence-corrected chi connectivity index (χ3v) is 13.0. The summed E-state index contributed by atoms with van der Waals surface area (Å²) < 4.78 is 58.3. The zero-order chi connectivity index (χ0) is 41.7. The third kappa shape index (κ3) is 7.74.